The van der Waals surface area contributed by atoms with Gasteiger partial charge in [-0.1, -0.05) is 0 Å². The number of pyridine rings is 1. The van der Waals surface area contributed by atoms with Crippen LogP contribution in [0.2, 0.25) is 0 Å². The highest BCUT2D eigenvalue weighted by atomic mass is 19.4. The minimum absolute atomic E-state index is 0.0998. The molecule has 13 heteroatoms. The van der Waals surface area contributed by atoms with Gasteiger partial charge < -0.3 is 25.3 Å². The van der Waals surface area contributed by atoms with Crippen LogP contribution in [0.5, 0.6) is 23.0 Å². The molecular weight excluding hydrogens is 493 g/mol. The van der Waals surface area contributed by atoms with Gasteiger partial charge in [-0.2, -0.15) is 0 Å². The molecule has 0 aliphatic heterocycles. The highest BCUT2D eigenvalue weighted by Crippen LogP contribution is 2.39. The van der Waals surface area contributed by atoms with Crippen LogP contribution >= 0.6 is 0 Å². The molecule has 0 aliphatic rings. The van der Waals surface area contributed by atoms with Crippen LogP contribution in [0.15, 0.2) is 48.7 Å². The Labute approximate surface area is 200 Å². The third kappa shape index (κ3) is 6.17. The standard InChI is InChI=1S/C23H18F5N3O5/c1-11-14(20(24)25)4-6-17(19(11)22(33)31-12-7-8-30-15(9-12)21(29)32)35-16-5-3-13(10-18(16)34-2)36-23(26,27)28/h3-10,20H,1-2H3,(H2,29,32)(H,30,31,33). The number of carbonyl (C=O) groups excluding carboxylic acids is 2. The zero-order valence-electron chi connectivity index (χ0n) is 18.7. The van der Waals surface area contributed by atoms with Gasteiger partial charge in [-0.15, -0.1) is 13.2 Å². The summed E-state index contributed by atoms with van der Waals surface area (Å²) in [5.74, 6) is -2.80. The highest BCUT2D eigenvalue weighted by Gasteiger charge is 2.31. The third-order valence-corrected chi connectivity index (χ3v) is 4.79. The molecule has 0 spiro atoms. The molecule has 0 atom stereocenters. The molecule has 2 aromatic carbocycles. The van der Waals surface area contributed by atoms with Gasteiger partial charge in [0.15, 0.2) is 11.5 Å². The number of anilines is 1. The molecule has 8 nitrogen and oxygen atoms in total. The van der Waals surface area contributed by atoms with E-state index in [1.807, 2.05) is 0 Å². The fraction of sp³-hybridized carbons (Fsp3) is 0.174. The first kappa shape index (κ1) is 26.2. The summed E-state index contributed by atoms with van der Waals surface area (Å²) in [4.78, 5) is 28.2. The minimum atomic E-state index is -4.94. The van der Waals surface area contributed by atoms with Gasteiger partial charge in [-0.25, -0.2) is 8.78 Å². The van der Waals surface area contributed by atoms with Crippen LogP contribution in [-0.2, 0) is 0 Å². The predicted molar refractivity (Wildman–Crippen MR) is 117 cm³/mol. The third-order valence-electron chi connectivity index (χ3n) is 4.79. The van der Waals surface area contributed by atoms with Crippen molar-refractivity contribution in [3.8, 4) is 23.0 Å². The van der Waals surface area contributed by atoms with E-state index in [0.717, 1.165) is 37.4 Å². The lowest BCUT2D eigenvalue weighted by Gasteiger charge is -2.18. The van der Waals surface area contributed by atoms with Crippen molar-refractivity contribution in [2.75, 3.05) is 12.4 Å². The van der Waals surface area contributed by atoms with E-state index in [0.29, 0.717) is 0 Å². The number of aromatic nitrogens is 1. The second kappa shape index (κ2) is 10.5. The van der Waals surface area contributed by atoms with Crippen LogP contribution in [-0.4, -0.2) is 30.3 Å². The highest BCUT2D eigenvalue weighted by molar-refractivity contribution is 6.08. The average Bonchev–Trinajstić information content (AvgIpc) is 2.79. The number of carbonyl (C=O) groups is 2. The Morgan fingerprint density at radius 2 is 1.72 bits per heavy atom. The molecule has 3 N–H and O–H groups in total. The molecule has 0 radical (unpaired) electrons. The summed E-state index contributed by atoms with van der Waals surface area (Å²) in [7, 11) is 1.16. The second-order valence-corrected chi connectivity index (χ2v) is 7.16. The van der Waals surface area contributed by atoms with Crippen LogP contribution < -0.4 is 25.3 Å². The Kier molecular flexibility index (Phi) is 7.61. The van der Waals surface area contributed by atoms with E-state index in [-0.39, 0.29) is 39.8 Å². The zero-order valence-corrected chi connectivity index (χ0v) is 18.7. The van der Waals surface area contributed by atoms with Crippen LogP contribution in [0.25, 0.3) is 0 Å². The number of ether oxygens (including phenoxy) is 3. The summed E-state index contributed by atoms with van der Waals surface area (Å²) in [6.45, 7) is 1.28. The topological polar surface area (TPSA) is 113 Å². The monoisotopic (exact) mass is 511 g/mol. The van der Waals surface area contributed by atoms with E-state index in [4.69, 9.17) is 15.2 Å². The van der Waals surface area contributed by atoms with Crippen molar-refractivity contribution in [1.82, 2.24) is 4.98 Å². The quantitative estimate of drug-likeness (QED) is 0.393. The molecule has 1 heterocycles. The number of halogens is 5. The molecule has 190 valence electrons. The van der Waals surface area contributed by atoms with Gasteiger partial charge in [0.05, 0.1) is 12.7 Å². The molecule has 0 unspecified atom stereocenters. The number of nitrogens with two attached hydrogens (primary N) is 1. The maximum atomic E-state index is 13.5. The minimum Gasteiger partial charge on any atom is -0.493 e. The van der Waals surface area contributed by atoms with Crippen molar-refractivity contribution in [3.63, 3.8) is 0 Å². The summed E-state index contributed by atoms with van der Waals surface area (Å²) in [5, 5.41) is 2.46. The number of methoxy groups -OCH3 is 1. The number of nitrogens with one attached hydrogen (secondary N) is 1. The summed E-state index contributed by atoms with van der Waals surface area (Å²) in [6, 6.07) is 7.66. The Bertz CT molecular complexity index is 1300. The molecule has 3 aromatic rings. The van der Waals surface area contributed by atoms with E-state index in [2.05, 4.69) is 15.0 Å². The fourth-order valence-corrected chi connectivity index (χ4v) is 3.19. The van der Waals surface area contributed by atoms with Crippen LogP contribution in [0, 0.1) is 6.92 Å². The van der Waals surface area contributed by atoms with Crippen molar-refractivity contribution in [3.05, 3.63) is 71.0 Å². The first-order valence-electron chi connectivity index (χ1n) is 10.00. The summed E-state index contributed by atoms with van der Waals surface area (Å²) in [6.07, 6.45) is -6.64. The lowest BCUT2D eigenvalue weighted by atomic mass is 10.0. The van der Waals surface area contributed by atoms with Gasteiger partial charge in [0, 0.05) is 23.5 Å². The largest absolute Gasteiger partial charge is 0.573 e. The molecule has 2 amide bonds. The Balaban J connectivity index is 2.02. The summed E-state index contributed by atoms with van der Waals surface area (Å²) in [5.41, 5.74) is 4.29. The maximum Gasteiger partial charge on any atom is 0.573 e. The van der Waals surface area contributed by atoms with Gasteiger partial charge in [-0.05, 0) is 48.9 Å². The normalized spacial score (nSPS) is 11.2. The number of primary amides is 1. The molecule has 0 saturated heterocycles. The molecule has 0 bridgehead atoms. The lowest BCUT2D eigenvalue weighted by Crippen LogP contribution is -2.18. The fourth-order valence-electron chi connectivity index (χ4n) is 3.19. The first-order valence-corrected chi connectivity index (χ1v) is 10.00. The Morgan fingerprint density at radius 1 is 1.03 bits per heavy atom. The van der Waals surface area contributed by atoms with Crippen LogP contribution in [0.4, 0.5) is 27.6 Å². The number of rotatable bonds is 8. The molecule has 0 fully saturated rings. The summed E-state index contributed by atoms with van der Waals surface area (Å²) < 4.78 is 79.3. The maximum absolute atomic E-state index is 13.5. The number of hydrogen-bond acceptors (Lipinski definition) is 6. The number of nitrogens with zero attached hydrogens (tertiary/aromatic N) is 1. The van der Waals surface area contributed by atoms with E-state index in [9.17, 15) is 31.5 Å². The van der Waals surface area contributed by atoms with Gasteiger partial charge in [0.1, 0.15) is 17.2 Å². The Hall–Kier alpha value is -4.42. The predicted octanol–water partition coefficient (Wildman–Crippen LogP) is 5.38. The van der Waals surface area contributed by atoms with Crippen LogP contribution in [0.1, 0.15) is 38.4 Å². The lowest BCUT2D eigenvalue weighted by molar-refractivity contribution is -0.274. The Morgan fingerprint density at radius 3 is 2.33 bits per heavy atom. The van der Waals surface area contributed by atoms with E-state index in [1.165, 1.54) is 25.3 Å². The molecule has 1 aromatic heterocycles. The molecular formula is C23H18F5N3O5. The van der Waals surface area contributed by atoms with Gasteiger partial charge in [-0.3, -0.25) is 14.6 Å². The van der Waals surface area contributed by atoms with E-state index in [1.54, 1.807) is 0 Å². The first-order chi connectivity index (χ1) is 16.9. The molecule has 36 heavy (non-hydrogen) atoms. The second-order valence-electron chi connectivity index (χ2n) is 7.16. The van der Waals surface area contributed by atoms with Crippen LogP contribution in [0.3, 0.4) is 0 Å². The average molecular weight is 511 g/mol. The number of alkyl halides is 5. The summed E-state index contributed by atoms with van der Waals surface area (Å²) >= 11 is 0. The molecule has 0 aliphatic carbocycles. The van der Waals surface area contributed by atoms with Crippen molar-refractivity contribution >= 4 is 17.5 Å². The van der Waals surface area contributed by atoms with Gasteiger partial charge in [0.2, 0.25) is 0 Å². The number of benzene rings is 2. The zero-order chi connectivity index (χ0) is 26.6. The molecule has 0 saturated carbocycles. The van der Waals surface area contributed by atoms with Crippen molar-refractivity contribution in [1.29, 1.82) is 0 Å². The van der Waals surface area contributed by atoms with Crippen molar-refractivity contribution in [2.24, 2.45) is 5.73 Å². The number of hydrogen-bond donors (Lipinski definition) is 2. The number of amides is 2. The van der Waals surface area contributed by atoms with E-state index >= 15 is 0 Å². The van der Waals surface area contributed by atoms with E-state index < -0.39 is 35.9 Å². The molecule has 3 rings (SSSR count). The SMILES string of the molecule is COc1cc(OC(F)(F)F)ccc1Oc1ccc(C(F)F)c(C)c1C(=O)Nc1ccnc(C(N)=O)c1. The van der Waals surface area contributed by atoms with Gasteiger partial charge >= 0.3 is 6.36 Å². The van der Waals surface area contributed by atoms with Crippen molar-refractivity contribution < 1.29 is 45.8 Å². The van der Waals surface area contributed by atoms with Gasteiger partial charge in [0.25, 0.3) is 18.2 Å². The van der Waals surface area contributed by atoms with Crippen molar-refractivity contribution in [2.45, 2.75) is 19.7 Å². The smallest absolute Gasteiger partial charge is 0.493 e.